The summed E-state index contributed by atoms with van der Waals surface area (Å²) in [6.07, 6.45) is 1.84. The fraction of sp³-hybridized carbons (Fsp3) is 0.524. The van der Waals surface area contributed by atoms with Crippen LogP contribution in [-0.2, 0) is 11.2 Å². The number of nitrogens with zero attached hydrogens (tertiary/aromatic N) is 2. The monoisotopic (exact) mass is 350 g/mol. The van der Waals surface area contributed by atoms with Crippen LogP contribution < -0.4 is 5.32 Å². The van der Waals surface area contributed by atoms with Crippen LogP contribution in [0.2, 0.25) is 0 Å². The smallest absolute Gasteiger partial charge is 0.225 e. The van der Waals surface area contributed by atoms with Crippen LogP contribution in [0.5, 0.6) is 0 Å². The molecule has 0 spiro atoms. The number of carbonyl (C=O) groups is 1. The van der Waals surface area contributed by atoms with E-state index in [9.17, 15) is 10.1 Å². The Morgan fingerprint density at radius 3 is 2.85 bits per heavy atom. The Labute approximate surface area is 154 Å². The van der Waals surface area contributed by atoms with Gasteiger partial charge < -0.3 is 15.2 Å². The number of fused-ring (bicyclic) bond motifs is 2. The average Bonchev–Trinajstić information content (AvgIpc) is 2.94. The van der Waals surface area contributed by atoms with Crippen LogP contribution in [0.25, 0.3) is 10.9 Å². The first-order valence-corrected chi connectivity index (χ1v) is 9.34. The van der Waals surface area contributed by atoms with Crippen LogP contribution in [0.15, 0.2) is 18.2 Å². The number of piperidine rings is 1. The highest BCUT2D eigenvalue weighted by molar-refractivity contribution is 5.90. The summed E-state index contributed by atoms with van der Waals surface area (Å²) in [5, 5.41) is 14.0. The number of hydrogen-bond acceptors (Lipinski definition) is 3. The maximum atomic E-state index is 12.5. The number of likely N-dealkylation sites (N-methyl/N-ethyl adjacent to an activating group) is 1. The van der Waals surface area contributed by atoms with Gasteiger partial charge in [-0.1, -0.05) is 32.9 Å². The third-order valence-corrected chi connectivity index (χ3v) is 5.98. The Balaban J connectivity index is 1.70. The van der Waals surface area contributed by atoms with Gasteiger partial charge in [-0.2, -0.15) is 5.26 Å². The number of nitrogens with one attached hydrogen (secondary N) is 2. The Kier molecular flexibility index (Phi) is 3.85. The summed E-state index contributed by atoms with van der Waals surface area (Å²) in [6.45, 7) is 6.71. The fourth-order valence-corrected chi connectivity index (χ4v) is 4.63. The van der Waals surface area contributed by atoms with Gasteiger partial charge in [0.15, 0.2) is 0 Å². The molecule has 136 valence electrons. The lowest BCUT2D eigenvalue weighted by atomic mass is 9.73. The number of amides is 1. The third kappa shape index (κ3) is 2.60. The molecule has 4 rings (SSSR count). The molecule has 1 saturated heterocycles. The van der Waals surface area contributed by atoms with Crippen molar-refractivity contribution >= 4 is 16.8 Å². The normalized spacial score (nSPS) is 25.6. The summed E-state index contributed by atoms with van der Waals surface area (Å²) >= 11 is 0. The molecule has 5 heteroatoms. The van der Waals surface area contributed by atoms with E-state index in [-0.39, 0.29) is 17.4 Å². The molecule has 0 bridgehead atoms. The van der Waals surface area contributed by atoms with Crippen LogP contribution in [0, 0.1) is 16.7 Å². The molecule has 3 atom stereocenters. The molecule has 0 unspecified atom stereocenters. The molecule has 5 nitrogen and oxygen atoms in total. The van der Waals surface area contributed by atoms with Crippen molar-refractivity contribution in [1.29, 1.82) is 5.26 Å². The SMILES string of the molecule is CN1C[C@@H](NC(=O)C(C)(C)C)C[C@@H]2c3cccc4[nH]c(C#N)c(c34)C[C@H]21. The van der Waals surface area contributed by atoms with E-state index in [1.807, 2.05) is 20.8 Å². The summed E-state index contributed by atoms with van der Waals surface area (Å²) in [7, 11) is 2.14. The highest BCUT2D eigenvalue weighted by Gasteiger charge is 2.41. The van der Waals surface area contributed by atoms with Crippen molar-refractivity contribution in [3.63, 3.8) is 0 Å². The summed E-state index contributed by atoms with van der Waals surface area (Å²) in [5.41, 5.74) is 3.84. The lowest BCUT2D eigenvalue weighted by Gasteiger charge is -2.46. The van der Waals surface area contributed by atoms with Crippen molar-refractivity contribution < 1.29 is 4.79 Å². The summed E-state index contributed by atoms with van der Waals surface area (Å²) in [5.74, 6) is 0.482. The zero-order valence-corrected chi connectivity index (χ0v) is 15.9. The van der Waals surface area contributed by atoms with E-state index in [2.05, 4.69) is 46.5 Å². The minimum Gasteiger partial charge on any atom is -0.352 e. The molecule has 2 aliphatic rings. The zero-order valence-electron chi connectivity index (χ0n) is 15.9. The Morgan fingerprint density at radius 1 is 1.38 bits per heavy atom. The first-order valence-electron chi connectivity index (χ1n) is 9.34. The molecule has 2 heterocycles. The molecule has 2 N–H and O–H groups in total. The van der Waals surface area contributed by atoms with E-state index >= 15 is 0 Å². The van der Waals surface area contributed by atoms with Gasteiger partial charge in [0.05, 0.1) is 0 Å². The molecule has 1 amide bonds. The number of aromatic amines is 1. The molecule has 1 aromatic heterocycles. The van der Waals surface area contributed by atoms with Gasteiger partial charge in [-0.3, -0.25) is 4.79 Å². The van der Waals surface area contributed by atoms with Crippen LogP contribution in [-0.4, -0.2) is 41.5 Å². The van der Waals surface area contributed by atoms with Gasteiger partial charge >= 0.3 is 0 Å². The van der Waals surface area contributed by atoms with E-state index in [1.165, 1.54) is 10.9 Å². The van der Waals surface area contributed by atoms with Crippen molar-refractivity contribution in [2.24, 2.45) is 5.41 Å². The molecule has 26 heavy (non-hydrogen) atoms. The first-order chi connectivity index (χ1) is 12.3. The second-order valence-corrected chi connectivity index (χ2v) is 8.83. The maximum Gasteiger partial charge on any atom is 0.225 e. The van der Waals surface area contributed by atoms with Crippen molar-refractivity contribution in [1.82, 2.24) is 15.2 Å². The molecule has 1 aliphatic carbocycles. The first kappa shape index (κ1) is 17.1. The molecule has 2 aromatic rings. The van der Waals surface area contributed by atoms with Crippen LogP contribution in [0.3, 0.4) is 0 Å². The van der Waals surface area contributed by atoms with Gasteiger partial charge in [0, 0.05) is 40.9 Å². The lowest BCUT2D eigenvalue weighted by molar-refractivity contribution is -0.129. The van der Waals surface area contributed by atoms with Crippen molar-refractivity contribution in [2.75, 3.05) is 13.6 Å². The molecule has 0 saturated carbocycles. The largest absolute Gasteiger partial charge is 0.352 e. The Bertz CT molecular complexity index is 914. The Morgan fingerprint density at radius 2 is 2.15 bits per heavy atom. The van der Waals surface area contributed by atoms with Crippen LogP contribution in [0.1, 0.15) is 49.9 Å². The van der Waals surface area contributed by atoms with Crippen LogP contribution >= 0.6 is 0 Å². The van der Waals surface area contributed by atoms with Crippen molar-refractivity contribution in [3.05, 3.63) is 35.0 Å². The van der Waals surface area contributed by atoms with Crippen molar-refractivity contribution in [3.8, 4) is 6.07 Å². The highest BCUT2D eigenvalue weighted by Crippen LogP contribution is 2.44. The van der Waals surface area contributed by atoms with Crippen LogP contribution in [0.4, 0.5) is 0 Å². The molecular formula is C21H26N4O. The minimum atomic E-state index is -0.377. The summed E-state index contributed by atoms with van der Waals surface area (Å²) in [6, 6.07) is 9.17. The second-order valence-electron chi connectivity index (χ2n) is 8.83. The maximum absolute atomic E-state index is 12.5. The van der Waals surface area contributed by atoms with Gasteiger partial charge in [-0.25, -0.2) is 0 Å². The van der Waals surface area contributed by atoms with Gasteiger partial charge in [0.1, 0.15) is 11.8 Å². The van der Waals surface area contributed by atoms with E-state index in [0.29, 0.717) is 17.7 Å². The van der Waals surface area contributed by atoms with Gasteiger partial charge in [0.2, 0.25) is 5.91 Å². The number of likely N-dealkylation sites (tertiary alicyclic amines) is 1. The number of aromatic nitrogens is 1. The quantitative estimate of drug-likeness (QED) is 0.831. The van der Waals surface area contributed by atoms with Gasteiger partial charge in [-0.05, 0) is 37.1 Å². The van der Waals surface area contributed by atoms with Crippen molar-refractivity contribution in [2.45, 2.75) is 51.6 Å². The molecule has 0 radical (unpaired) electrons. The van der Waals surface area contributed by atoms with E-state index in [1.54, 1.807) is 0 Å². The van der Waals surface area contributed by atoms with Gasteiger partial charge in [0.25, 0.3) is 0 Å². The van der Waals surface area contributed by atoms with E-state index < -0.39 is 0 Å². The number of hydrogen-bond donors (Lipinski definition) is 2. The predicted molar refractivity (Wildman–Crippen MR) is 102 cm³/mol. The number of H-pyrrole nitrogens is 1. The number of nitriles is 1. The second kappa shape index (κ2) is 5.85. The third-order valence-electron chi connectivity index (χ3n) is 5.98. The number of carbonyl (C=O) groups excluding carboxylic acids is 1. The minimum absolute atomic E-state index is 0.109. The summed E-state index contributed by atoms with van der Waals surface area (Å²) in [4.78, 5) is 18.1. The average molecular weight is 350 g/mol. The molecule has 1 aliphatic heterocycles. The predicted octanol–water partition coefficient (Wildman–Crippen LogP) is 2.91. The van der Waals surface area contributed by atoms with E-state index in [0.717, 1.165) is 30.5 Å². The Hall–Kier alpha value is -2.32. The lowest BCUT2D eigenvalue weighted by Crippen LogP contribution is -2.56. The molecule has 1 aromatic carbocycles. The topological polar surface area (TPSA) is 71.9 Å². The highest BCUT2D eigenvalue weighted by atomic mass is 16.2. The number of rotatable bonds is 1. The zero-order chi connectivity index (χ0) is 18.6. The van der Waals surface area contributed by atoms with E-state index in [4.69, 9.17) is 0 Å². The molecular weight excluding hydrogens is 324 g/mol. The number of benzene rings is 1. The standard InChI is InChI=1S/C21H26N4O/c1-21(2,3)20(26)23-12-8-14-13-6-5-7-16-19(13)15(17(10-22)24-16)9-18(14)25(4)11-12/h5-7,12,14,18,24H,8-9,11H2,1-4H3,(H,23,26)/t12-,14+,18+/m0/s1. The molecule has 1 fully saturated rings. The summed E-state index contributed by atoms with van der Waals surface area (Å²) < 4.78 is 0. The van der Waals surface area contributed by atoms with Gasteiger partial charge in [-0.15, -0.1) is 0 Å². The fourth-order valence-electron chi connectivity index (χ4n) is 4.63.